The maximum Gasteiger partial charge on any atom is 0.0620 e. The van der Waals surface area contributed by atoms with Crippen molar-refractivity contribution in [1.29, 1.82) is 0 Å². The summed E-state index contributed by atoms with van der Waals surface area (Å²) < 4.78 is 0. The van der Waals surface area contributed by atoms with Gasteiger partial charge in [0.2, 0.25) is 0 Å². The molecular formula is C16H26OS. The molecule has 1 aromatic carbocycles. The minimum atomic E-state index is -0.504. The highest BCUT2D eigenvalue weighted by Crippen LogP contribution is 2.17. The third kappa shape index (κ3) is 7.07. The van der Waals surface area contributed by atoms with Gasteiger partial charge < -0.3 is 5.11 Å². The van der Waals surface area contributed by atoms with Gasteiger partial charge in [0.1, 0.15) is 0 Å². The van der Waals surface area contributed by atoms with Gasteiger partial charge in [-0.2, -0.15) is 11.8 Å². The molecule has 1 nitrogen and oxygen atoms in total. The maximum absolute atomic E-state index is 9.78. The van der Waals surface area contributed by atoms with Gasteiger partial charge in [0, 0.05) is 0 Å². The second-order valence-electron chi connectivity index (χ2n) is 5.16. The summed E-state index contributed by atoms with van der Waals surface area (Å²) in [4.78, 5) is 0. The van der Waals surface area contributed by atoms with E-state index in [4.69, 9.17) is 0 Å². The lowest BCUT2D eigenvalue weighted by atomic mass is 9.94. The van der Waals surface area contributed by atoms with Gasteiger partial charge in [0.25, 0.3) is 0 Å². The Balaban J connectivity index is 0.000000269. The van der Waals surface area contributed by atoms with Gasteiger partial charge in [-0.1, -0.05) is 37.3 Å². The van der Waals surface area contributed by atoms with E-state index < -0.39 is 5.60 Å². The molecule has 0 aliphatic carbocycles. The first kappa shape index (κ1) is 15.6. The van der Waals surface area contributed by atoms with Crippen molar-refractivity contribution in [3.05, 3.63) is 35.9 Å². The number of rotatable bonds is 4. The Morgan fingerprint density at radius 1 is 1.17 bits per heavy atom. The Kier molecular flexibility index (Phi) is 7.45. The second kappa shape index (κ2) is 8.60. The highest BCUT2D eigenvalue weighted by atomic mass is 32.2. The highest BCUT2D eigenvalue weighted by molar-refractivity contribution is 7.99. The smallest absolute Gasteiger partial charge is 0.0620 e. The summed E-state index contributed by atoms with van der Waals surface area (Å²) in [6.07, 6.45) is 5.55. The molecule has 1 aliphatic heterocycles. The quantitative estimate of drug-likeness (QED) is 0.877. The molecule has 0 amide bonds. The van der Waals surface area contributed by atoms with Crippen molar-refractivity contribution >= 4 is 11.8 Å². The van der Waals surface area contributed by atoms with Crippen molar-refractivity contribution in [2.24, 2.45) is 0 Å². The monoisotopic (exact) mass is 266 g/mol. The molecule has 1 heterocycles. The van der Waals surface area contributed by atoms with E-state index in [1.165, 1.54) is 29.9 Å². The average molecular weight is 266 g/mol. The molecular weight excluding hydrogens is 240 g/mol. The van der Waals surface area contributed by atoms with Crippen molar-refractivity contribution in [2.75, 3.05) is 11.5 Å². The van der Waals surface area contributed by atoms with Crippen LogP contribution in [0.15, 0.2) is 30.3 Å². The van der Waals surface area contributed by atoms with Crippen molar-refractivity contribution in [1.82, 2.24) is 0 Å². The van der Waals surface area contributed by atoms with Crippen LogP contribution in [0.2, 0.25) is 0 Å². The van der Waals surface area contributed by atoms with Gasteiger partial charge >= 0.3 is 0 Å². The fraction of sp³-hybridized carbons (Fsp3) is 0.625. The summed E-state index contributed by atoms with van der Waals surface area (Å²) in [5.41, 5.74) is 0.798. The predicted molar refractivity (Wildman–Crippen MR) is 82.2 cm³/mol. The van der Waals surface area contributed by atoms with E-state index in [0.29, 0.717) is 0 Å². The molecule has 102 valence electrons. The Hall–Kier alpha value is -0.470. The van der Waals surface area contributed by atoms with Crippen LogP contribution in [0, 0.1) is 0 Å². The first-order valence-electron chi connectivity index (χ1n) is 6.98. The van der Waals surface area contributed by atoms with Gasteiger partial charge in [0.15, 0.2) is 0 Å². The Labute approximate surface area is 116 Å². The van der Waals surface area contributed by atoms with Crippen molar-refractivity contribution in [2.45, 2.75) is 51.6 Å². The number of aryl methyl sites for hydroxylation is 1. The van der Waals surface area contributed by atoms with Crippen LogP contribution < -0.4 is 0 Å². The van der Waals surface area contributed by atoms with Gasteiger partial charge in [-0.15, -0.1) is 0 Å². The van der Waals surface area contributed by atoms with E-state index in [1.807, 2.05) is 32.0 Å². The number of hydrogen-bond acceptors (Lipinski definition) is 2. The summed E-state index contributed by atoms with van der Waals surface area (Å²) in [5.74, 6) is 2.83. The fourth-order valence-electron chi connectivity index (χ4n) is 1.75. The molecule has 0 saturated carbocycles. The lowest BCUT2D eigenvalue weighted by molar-refractivity contribution is 0.0473. The molecule has 0 aromatic heterocycles. The number of aliphatic hydroxyl groups is 1. The van der Waals surface area contributed by atoms with E-state index in [9.17, 15) is 5.11 Å². The zero-order chi connectivity index (χ0) is 13.3. The van der Waals surface area contributed by atoms with Crippen molar-refractivity contribution in [3.63, 3.8) is 0 Å². The summed E-state index contributed by atoms with van der Waals surface area (Å²) in [6, 6.07) is 10.3. The molecule has 18 heavy (non-hydrogen) atoms. The molecule has 1 fully saturated rings. The van der Waals surface area contributed by atoms with Crippen LogP contribution in [-0.2, 0) is 6.42 Å². The molecule has 2 rings (SSSR count). The lowest BCUT2D eigenvalue weighted by Gasteiger charge is -2.20. The van der Waals surface area contributed by atoms with Gasteiger partial charge in [0.05, 0.1) is 5.60 Å². The van der Waals surface area contributed by atoms with Crippen molar-refractivity contribution in [3.8, 4) is 0 Å². The van der Waals surface area contributed by atoms with Crippen LogP contribution in [0.1, 0.15) is 45.1 Å². The summed E-state index contributed by atoms with van der Waals surface area (Å²) >= 11 is 2.07. The third-order valence-corrected chi connectivity index (χ3v) is 4.54. The molecule has 1 aromatic rings. The van der Waals surface area contributed by atoms with Crippen LogP contribution in [0.4, 0.5) is 0 Å². The lowest BCUT2D eigenvalue weighted by Crippen LogP contribution is -2.23. The van der Waals surface area contributed by atoms with E-state index in [0.717, 1.165) is 19.3 Å². The zero-order valence-corrected chi connectivity index (χ0v) is 12.5. The van der Waals surface area contributed by atoms with Crippen LogP contribution in [-0.4, -0.2) is 22.2 Å². The fourth-order valence-corrected chi connectivity index (χ4v) is 2.77. The molecule has 0 bridgehead atoms. The minimum Gasteiger partial charge on any atom is -0.390 e. The summed E-state index contributed by atoms with van der Waals surface area (Å²) in [7, 11) is 0. The SMILES string of the molecule is C1CCSC1.CCC(C)(O)CCc1ccccc1. The Morgan fingerprint density at radius 3 is 2.22 bits per heavy atom. The van der Waals surface area contributed by atoms with Crippen LogP contribution in [0.25, 0.3) is 0 Å². The average Bonchev–Trinajstić information content (AvgIpc) is 2.97. The van der Waals surface area contributed by atoms with Crippen molar-refractivity contribution < 1.29 is 5.11 Å². The van der Waals surface area contributed by atoms with Gasteiger partial charge in [-0.3, -0.25) is 0 Å². The van der Waals surface area contributed by atoms with Crippen LogP contribution in [0.5, 0.6) is 0 Å². The summed E-state index contributed by atoms with van der Waals surface area (Å²) in [6.45, 7) is 3.92. The molecule has 2 heteroatoms. The van der Waals surface area contributed by atoms with Gasteiger partial charge in [-0.05, 0) is 56.1 Å². The number of thioether (sulfide) groups is 1. The number of hydrogen-bond donors (Lipinski definition) is 1. The Morgan fingerprint density at radius 2 is 1.78 bits per heavy atom. The van der Waals surface area contributed by atoms with E-state index >= 15 is 0 Å². The third-order valence-electron chi connectivity index (χ3n) is 3.38. The van der Waals surface area contributed by atoms with E-state index in [-0.39, 0.29) is 0 Å². The van der Waals surface area contributed by atoms with Crippen LogP contribution >= 0.6 is 11.8 Å². The predicted octanol–water partition coefficient (Wildman–Crippen LogP) is 4.29. The molecule has 1 unspecified atom stereocenters. The number of benzene rings is 1. The van der Waals surface area contributed by atoms with Gasteiger partial charge in [-0.25, -0.2) is 0 Å². The molecule has 1 saturated heterocycles. The zero-order valence-electron chi connectivity index (χ0n) is 11.7. The normalized spacial score (nSPS) is 17.7. The first-order chi connectivity index (χ1) is 8.64. The highest BCUT2D eigenvalue weighted by Gasteiger charge is 2.16. The molecule has 1 aliphatic rings. The van der Waals surface area contributed by atoms with Crippen LogP contribution in [0.3, 0.4) is 0 Å². The molecule has 1 N–H and O–H groups in total. The van der Waals surface area contributed by atoms with E-state index in [2.05, 4.69) is 23.9 Å². The Bertz CT molecular complexity index is 297. The second-order valence-corrected chi connectivity index (χ2v) is 6.38. The van der Waals surface area contributed by atoms with E-state index in [1.54, 1.807) is 0 Å². The summed E-state index contributed by atoms with van der Waals surface area (Å²) in [5, 5.41) is 9.78. The first-order valence-corrected chi connectivity index (χ1v) is 8.13. The minimum absolute atomic E-state index is 0.504. The maximum atomic E-state index is 9.78. The standard InChI is InChI=1S/C12H18O.C4H8S/c1-3-12(2,13)10-9-11-7-5-4-6-8-11;1-2-4-5-3-1/h4-8,13H,3,9-10H2,1-2H3;1-4H2. The molecule has 1 atom stereocenters. The molecule has 0 spiro atoms. The topological polar surface area (TPSA) is 20.2 Å². The molecule has 0 radical (unpaired) electrons. The largest absolute Gasteiger partial charge is 0.390 e.